The first-order chi connectivity index (χ1) is 15.3. The molecule has 6 N–H and O–H groups in total. The number of nitrogens with one attached hydrogen (secondary N) is 4. The topological polar surface area (TPSA) is 132 Å². The molecule has 9 nitrogen and oxygen atoms in total. The van der Waals surface area contributed by atoms with E-state index >= 15 is 0 Å². The number of allylic oxidation sites excluding steroid dienone is 1. The Hall–Kier alpha value is -3.59. The maximum Gasteiger partial charge on any atom is 0.316 e. The highest BCUT2D eigenvalue weighted by Gasteiger charge is 2.27. The highest BCUT2D eigenvalue weighted by atomic mass is 16.2. The van der Waals surface area contributed by atoms with Gasteiger partial charge in [-0.15, -0.1) is 0 Å². The van der Waals surface area contributed by atoms with E-state index in [-0.39, 0.29) is 17.7 Å². The van der Waals surface area contributed by atoms with Gasteiger partial charge in [-0.25, -0.2) is 4.79 Å². The number of likely N-dealkylation sites (tertiary alicyclic amines) is 1. The van der Waals surface area contributed by atoms with Crippen molar-refractivity contribution >= 4 is 40.4 Å². The van der Waals surface area contributed by atoms with E-state index in [1.54, 1.807) is 18.2 Å². The lowest BCUT2D eigenvalue weighted by Crippen LogP contribution is -2.38. The van der Waals surface area contributed by atoms with Gasteiger partial charge in [-0.05, 0) is 75.3 Å². The summed E-state index contributed by atoms with van der Waals surface area (Å²) in [6.07, 6.45) is 3.60. The van der Waals surface area contributed by atoms with Crippen molar-refractivity contribution in [3.63, 3.8) is 0 Å². The number of carbonyl (C=O) groups excluding carboxylic acids is 3. The summed E-state index contributed by atoms with van der Waals surface area (Å²) in [7, 11) is 2.07. The number of aromatic nitrogens is 1. The number of urea groups is 1. The van der Waals surface area contributed by atoms with Gasteiger partial charge in [-0.3, -0.25) is 9.59 Å². The summed E-state index contributed by atoms with van der Waals surface area (Å²) < 4.78 is 0. The summed E-state index contributed by atoms with van der Waals surface area (Å²) in [5, 5.41) is 8.42. The number of fused-ring (bicyclic) bond motifs is 1. The first kappa shape index (κ1) is 21.6. The van der Waals surface area contributed by atoms with E-state index < -0.39 is 6.03 Å². The highest BCUT2D eigenvalue weighted by molar-refractivity contribution is 6.36. The number of piperidine rings is 1. The van der Waals surface area contributed by atoms with Gasteiger partial charge < -0.3 is 31.6 Å². The van der Waals surface area contributed by atoms with Crippen LogP contribution in [0.5, 0.6) is 0 Å². The van der Waals surface area contributed by atoms with Crippen LogP contribution in [0, 0.1) is 5.92 Å². The number of carbonyl (C=O) groups is 3. The van der Waals surface area contributed by atoms with E-state index in [1.807, 2.05) is 19.2 Å². The van der Waals surface area contributed by atoms with E-state index in [9.17, 15) is 14.4 Å². The molecule has 0 radical (unpaired) electrons. The molecule has 0 atom stereocenters. The molecule has 1 fully saturated rings. The molecule has 1 saturated heterocycles. The molecular formula is C23H28N6O3. The van der Waals surface area contributed by atoms with Crippen molar-refractivity contribution in [3.05, 3.63) is 47.3 Å². The molecule has 2 aromatic rings. The molecule has 2 aliphatic heterocycles. The first-order valence-corrected chi connectivity index (χ1v) is 10.7. The molecule has 0 aliphatic carbocycles. The second-order valence-corrected chi connectivity index (χ2v) is 8.42. The number of benzene rings is 1. The van der Waals surface area contributed by atoms with Crippen molar-refractivity contribution < 1.29 is 14.4 Å². The number of amides is 4. The van der Waals surface area contributed by atoms with Crippen molar-refractivity contribution in [1.29, 1.82) is 0 Å². The van der Waals surface area contributed by atoms with Gasteiger partial charge in [0.15, 0.2) is 0 Å². The second kappa shape index (κ2) is 8.88. The number of primary amides is 1. The summed E-state index contributed by atoms with van der Waals surface area (Å²) >= 11 is 0. The molecule has 0 bridgehead atoms. The summed E-state index contributed by atoms with van der Waals surface area (Å²) in [6, 6.07) is 6.41. The van der Waals surface area contributed by atoms with Crippen molar-refractivity contribution in [2.24, 2.45) is 11.7 Å². The Bertz CT molecular complexity index is 1090. The molecule has 9 heteroatoms. The summed E-state index contributed by atoms with van der Waals surface area (Å²) in [5.74, 6) is -0.0506. The second-order valence-electron chi connectivity index (χ2n) is 8.42. The van der Waals surface area contributed by atoms with E-state index in [1.165, 1.54) is 0 Å². The monoisotopic (exact) mass is 436 g/mol. The summed E-state index contributed by atoms with van der Waals surface area (Å²) in [5.41, 5.74) is 10.1. The lowest BCUT2D eigenvalue weighted by Gasteiger charge is -2.27. The van der Waals surface area contributed by atoms with Gasteiger partial charge in [0.1, 0.15) is 0 Å². The predicted octanol–water partition coefficient (Wildman–Crippen LogP) is 2.35. The number of rotatable bonds is 5. The van der Waals surface area contributed by atoms with Gasteiger partial charge in [0, 0.05) is 41.3 Å². The Kier molecular flexibility index (Phi) is 6.00. The fourth-order valence-corrected chi connectivity index (χ4v) is 4.26. The number of nitrogens with zero attached hydrogens (tertiary/aromatic N) is 1. The molecule has 4 amide bonds. The van der Waals surface area contributed by atoms with Gasteiger partial charge in [-0.1, -0.05) is 0 Å². The van der Waals surface area contributed by atoms with E-state index in [2.05, 4.69) is 32.9 Å². The average Bonchev–Trinajstić information content (AvgIpc) is 3.35. The Morgan fingerprint density at radius 1 is 1.22 bits per heavy atom. The standard InChI is InChI=1S/C23H28N6O3/c1-13(20-17-10-16(27-23(24)32)3-4-18(17)28-22(20)31)19-9-14(11-25-19)12-26-21(30)15-5-7-29(2)8-6-15/h3-4,9-11,15,25H,5-8,12H2,1-2H3,(H,26,30)(H,28,31)(H3,24,27,32)/b20-13-. The SMILES string of the molecule is C/C(=C1/C(=O)Nc2ccc(NC(N)=O)cc21)c1cc(CNC(=O)C2CCN(C)CC2)c[nH]1. The van der Waals surface area contributed by atoms with Gasteiger partial charge in [-0.2, -0.15) is 0 Å². The predicted molar refractivity (Wildman–Crippen MR) is 124 cm³/mol. The summed E-state index contributed by atoms with van der Waals surface area (Å²) in [4.78, 5) is 41.7. The number of H-pyrrole nitrogens is 1. The fraction of sp³-hybridized carbons (Fsp3) is 0.348. The third kappa shape index (κ3) is 4.52. The van der Waals surface area contributed by atoms with Crippen LogP contribution in [0.2, 0.25) is 0 Å². The molecule has 4 rings (SSSR count). The largest absolute Gasteiger partial charge is 0.361 e. The molecule has 0 unspecified atom stereocenters. The van der Waals surface area contributed by atoms with Crippen LogP contribution in [0.15, 0.2) is 30.5 Å². The fourth-order valence-electron chi connectivity index (χ4n) is 4.26. The lowest BCUT2D eigenvalue weighted by molar-refractivity contribution is -0.126. The zero-order chi connectivity index (χ0) is 22.8. The number of anilines is 2. The quantitative estimate of drug-likeness (QED) is 0.460. The Balaban J connectivity index is 1.49. The van der Waals surface area contributed by atoms with Crippen LogP contribution in [0.4, 0.5) is 16.2 Å². The minimum atomic E-state index is -0.666. The van der Waals surface area contributed by atoms with Crippen LogP contribution in [0.1, 0.15) is 36.6 Å². The van der Waals surface area contributed by atoms with E-state index in [0.717, 1.165) is 42.8 Å². The molecule has 1 aromatic carbocycles. The van der Waals surface area contributed by atoms with Crippen molar-refractivity contribution in [1.82, 2.24) is 15.2 Å². The Morgan fingerprint density at radius 3 is 2.69 bits per heavy atom. The first-order valence-electron chi connectivity index (χ1n) is 10.7. The minimum absolute atomic E-state index is 0.0651. The molecule has 2 aliphatic rings. The van der Waals surface area contributed by atoms with Crippen molar-refractivity contribution in [3.8, 4) is 0 Å². The molecular weight excluding hydrogens is 408 g/mol. The molecule has 3 heterocycles. The van der Waals surface area contributed by atoms with Crippen LogP contribution in [0.25, 0.3) is 11.1 Å². The Labute approximate surface area is 186 Å². The van der Waals surface area contributed by atoms with Crippen LogP contribution in [-0.4, -0.2) is 47.9 Å². The average molecular weight is 437 g/mol. The number of hydrogen-bond acceptors (Lipinski definition) is 4. The van der Waals surface area contributed by atoms with Crippen LogP contribution in [-0.2, 0) is 16.1 Å². The number of aromatic amines is 1. The molecule has 0 spiro atoms. The summed E-state index contributed by atoms with van der Waals surface area (Å²) in [6.45, 7) is 4.18. The maximum atomic E-state index is 12.6. The highest BCUT2D eigenvalue weighted by Crippen LogP contribution is 2.38. The number of hydrogen-bond donors (Lipinski definition) is 5. The smallest absolute Gasteiger partial charge is 0.316 e. The van der Waals surface area contributed by atoms with Gasteiger partial charge in [0.25, 0.3) is 5.91 Å². The molecule has 168 valence electrons. The Morgan fingerprint density at radius 2 is 1.97 bits per heavy atom. The molecule has 1 aromatic heterocycles. The van der Waals surface area contributed by atoms with Crippen LogP contribution >= 0.6 is 0 Å². The van der Waals surface area contributed by atoms with Crippen molar-refractivity contribution in [2.45, 2.75) is 26.3 Å². The van der Waals surface area contributed by atoms with Crippen LogP contribution < -0.4 is 21.7 Å². The van der Waals surface area contributed by atoms with Gasteiger partial charge in [0.2, 0.25) is 5.91 Å². The molecule has 0 saturated carbocycles. The minimum Gasteiger partial charge on any atom is -0.361 e. The maximum absolute atomic E-state index is 12.6. The third-order valence-corrected chi connectivity index (χ3v) is 6.11. The van der Waals surface area contributed by atoms with E-state index in [0.29, 0.717) is 29.1 Å². The van der Waals surface area contributed by atoms with Crippen LogP contribution in [0.3, 0.4) is 0 Å². The van der Waals surface area contributed by atoms with Gasteiger partial charge in [0.05, 0.1) is 5.57 Å². The zero-order valence-corrected chi connectivity index (χ0v) is 18.2. The normalized spacial score (nSPS) is 18.1. The zero-order valence-electron chi connectivity index (χ0n) is 18.2. The van der Waals surface area contributed by atoms with Gasteiger partial charge >= 0.3 is 6.03 Å². The molecule has 32 heavy (non-hydrogen) atoms. The third-order valence-electron chi connectivity index (χ3n) is 6.11. The van der Waals surface area contributed by atoms with Crippen molar-refractivity contribution in [2.75, 3.05) is 30.8 Å². The lowest BCUT2D eigenvalue weighted by atomic mass is 9.96. The number of nitrogens with two attached hydrogens (primary N) is 1. The van der Waals surface area contributed by atoms with E-state index in [4.69, 9.17) is 5.73 Å².